The second kappa shape index (κ2) is 7.33. The van der Waals surface area contributed by atoms with Crippen LogP contribution in [0.1, 0.15) is 50.7 Å². The number of nitrogens with one attached hydrogen (secondary N) is 1. The average molecular weight is 235 g/mol. The fourth-order valence-corrected chi connectivity index (χ4v) is 1.94. The molecular formula is C15H25NO. The maximum absolute atomic E-state index is 9.72. The van der Waals surface area contributed by atoms with Gasteiger partial charge in [-0.3, -0.25) is 0 Å². The Morgan fingerprint density at radius 2 is 2.06 bits per heavy atom. The van der Waals surface area contributed by atoms with Gasteiger partial charge in [-0.05, 0) is 26.3 Å². The zero-order valence-corrected chi connectivity index (χ0v) is 11.3. The van der Waals surface area contributed by atoms with E-state index in [1.165, 1.54) is 31.2 Å². The summed E-state index contributed by atoms with van der Waals surface area (Å²) < 4.78 is 0. The molecule has 0 aromatic heterocycles. The molecule has 0 bridgehead atoms. The molecule has 0 aliphatic carbocycles. The Morgan fingerprint density at radius 1 is 1.29 bits per heavy atom. The molecule has 0 saturated heterocycles. The van der Waals surface area contributed by atoms with Crippen LogP contribution < -0.4 is 5.32 Å². The number of unbranched alkanes of at least 4 members (excludes halogenated alkanes) is 2. The van der Waals surface area contributed by atoms with Gasteiger partial charge >= 0.3 is 0 Å². The summed E-state index contributed by atoms with van der Waals surface area (Å²) in [5.74, 6) is 0.392. The first kappa shape index (κ1) is 14.0. The largest absolute Gasteiger partial charge is 0.508 e. The third kappa shape index (κ3) is 5.22. The average Bonchev–Trinajstić information content (AvgIpc) is 2.31. The van der Waals surface area contributed by atoms with Gasteiger partial charge < -0.3 is 10.4 Å². The Labute approximate surface area is 105 Å². The van der Waals surface area contributed by atoms with Crippen LogP contribution in [0.2, 0.25) is 0 Å². The van der Waals surface area contributed by atoms with E-state index in [4.69, 9.17) is 0 Å². The highest BCUT2D eigenvalue weighted by Crippen LogP contribution is 2.18. The maximum Gasteiger partial charge on any atom is 0.120 e. The van der Waals surface area contributed by atoms with Crippen molar-refractivity contribution in [3.8, 4) is 5.75 Å². The van der Waals surface area contributed by atoms with E-state index in [0.29, 0.717) is 11.8 Å². The Morgan fingerprint density at radius 3 is 2.76 bits per heavy atom. The van der Waals surface area contributed by atoms with E-state index in [0.717, 1.165) is 12.1 Å². The van der Waals surface area contributed by atoms with Crippen molar-refractivity contribution in [1.82, 2.24) is 5.32 Å². The number of aryl methyl sites for hydroxylation is 1. The zero-order chi connectivity index (χ0) is 12.7. The number of aromatic hydroxyl groups is 1. The van der Waals surface area contributed by atoms with Gasteiger partial charge in [-0.1, -0.05) is 43.9 Å². The molecule has 1 rings (SSSR count). The predicted octanol–water partition coefficient (Wildman–Crippen LogP) is 3.76. The van der Waals surface area contributed by atoms with Crippen molar-refractivity contribution in [1.29, 1.82) is 0 Å². The Hall–Kier alpha value is -1.02. The SMILES string of the molecule is CCCCCC(C)NCc1cc(C)ccc1O. The van der Waals surface area contributed by atoms with Crippen LogP contribution in [0.3, 0.4) is 0 Å². The first-order valence-electron chi connectivity index (χ1n) is 6.65. The van der Waals surface area contributed by atoms with Crippen LogP contribution in [0.4, 0.5) is 0 Å². The molecule has 0 aliphatic heterocycles. The Bertz CT molecular complexity index is 336. The number of benzene rings is 1. The highest BCUT2D eigenvalue weighted by Gasteiger charge is 2.04. The molecule has 17 heavy (non-hydrogen) atoms. The molecule has 2 nitrogen and oxygen atoms in total. The zero-order valence-electron chi connectivity index (χ0n) is 11.3. The summed E-state index contributed by atoms with van der Waals surface area (Å²) in [5, 5.41) is 13.2. The van der Waals surface area contributed by atoms with Crippen LogP contribution >= 0.6 is 0 Å². The molecule has 2 N–H and O–H groups in total. The topological polar surface area (TPSA) is 32.3 Å². The lowest BCUT2D eigenvalue weighted by Crippen LogP contribution is -2.25. The summed E-state index contributed by atoms with van der Waals surface area (Å²) >= 11 is 0. The summed E-state index contributed by atoms with van der Waals surface area (Å²) in [6, 6.07) is 6.26. The van der Waals surface area contributed by atoms with Crippen molar-refractivity contribution in [2.24, 2.45) is 0 Å². The minimum Gasteiger partial charge on any atom is -0.508 e. The van der Waals surface area contributed by atoms with Crippen LogP contribution in [-0.2, 0) is 6.54 Å². The fraction of sp³-hybridized carbons (Fsp3) is 0.600. The van der Waals surface area contributed by atoms with E-state index in [9.17, 15) is 5.11 Å². The lowest BCUT2D eigenvalue weighted by molar-refractivity contribution is 0.450. The number of phenols is 1. The van der Waals surface area contributed by atoms with Crippen molar-refractivity contribution in [2.45, 2.75) is 59.0 Å². The lowest BCUT2D eigenvalue weighted by Gasteiger charge is -2.14. The molecule has 96 valence electrons. The van der Waals surface area contributed by atoms with Crippen LogP contribution in [-0.4, -0.2) is 11.1 Å². The second-order valence-electron chi connectivity index (χ2n) is 4.91. The Kier molecular flexibility index (Phi) is 6.06. The van der Waals surface area contributed by atoms with Crippen molar-refractivity contribution < 1.29 is 5.11 Å². The molecule has 0 aliphatic rings. The monoisotopic (exact) mass is 235 g/mol. The summed E-state index contributed by atoms with van der Waals surface area (Å²) in [7, 11) is 0. The highest BCUT2D eigenvalue weighted by atomic mass is 16.3. The smallest absolute Gasteiger partial charge is 0.120 e. The minimum absolute atomic E-state index is 0.392. The number of rotatable bonds is 7. The summed E-state index contributed by atoms with van der Waals surface area (Å²) in [6.45, 7) is 7.24. The molecule has 1 atom stereocenters. The van der Waals surface area contributed by atoms with Crippen molar-refractivity contribution in [3.05, 3.63) is 29.3 Å². The first-order valence-corrected chi connectivity index (χ1v) is 6.65. The third-order valence-electron chi connectivity index (χ3n) is 3.12. The van der Waals surface area contributed by atoms with E-state index >= 15 is 0 Å². The molecule has 0 spiro atoms. The van der Waals surface area contributed by atoms with Gasteiger partial charge in [-0.2, -0.15) is 0 Å². The van der Waals surface area contributed by atoms with Gasteiger partial charge in [0.2, 0.25) is 0 Å². The van der Waals surface area contributed by atoms with Gasteiger partial charge in [-0.15, -0.1) is 0 Å². The van der Waals surface area contributed by atoms with Crippen molar-refractivity contribution >= 4 is 0 Å². The molecule has 0 fully saturated rings. The molecule has 0 heterocycles. The first-order chi connectivity index (χ1) is 8.13. The number of phenolic OH excluding ortho intramolecular Hbond substituents is 1. The van der Waals surface area contributed by atoms with Gasteiger partial charge in [0.05, 0.1) is 0 Å². The number of hydrogen-bond donors (Lipinski definition) is 2. The standard InChI is InChI=1S/C15H25NO/c1-4-5-6-7-13(3)16-11-14-10-12(2)8-9-15(14)17/h8-10,13,16-17H,4-7,11H2,1-3H3. The van der Waals surface area contributed by atoms with E-state index in [1.54, 1.807) is 6.07 Å². The van der Waals surface area contributed by atoms with E-state index in [2.05, 4.69) is 19.2 Å². The minimum atomic E-state index is 0.392. The van der Waals surface area contributed by atoms with Gasteiger partial charge in [0.25, 0.3) is 0 Å². The summed E-state index contributed by atoms with van der Waals surface area (Å²) in [6.07, 6.45) is 5.07. The molecule has 1 unspecified atom stereocenters. The molecule has 1 aromatic rings. The van der Waals surface area contributed by atoms with Crippen LogP contribution in [0.15, 0.2) is 18.2 Å². The van der Waals surface area contributed by atoms with Gasteiger partial charge in [0, 0.05) is 18.2 Å². The van der Waals surface area contributed by atoms with E-state index in [-0.39, 0.29) is 0 Å². The summed E-state index contributed by atoms with van der Waals surface area (Å²) in [5.41, 5.74) is 2.19. The molecule has 0 radical (unpaired) electrons. The van der Waals surface area contributed by atoms with Crippen LogP contribution in [0, 0.1) is 6.92 Å². The quantitative estimate of drug-likeness (QED) is 0.705. The fourth-order valence-electron chi connectivity index (χ4n) is 1.94. The van der Waals surface area contributed by atoms with Gasteiger partial charge in [-0.25, -0.2) is 0 Å². The molecule has 2 heteroatoms. The lowest BCUT2D eigenvalue weighted by atomic mass is 10.1. The molecular weight excluding hydrogens is 210 g/mol. The maximum atomic E-state index is 9.72. The van der Waals surface area contributed by atoms with Crippen LogP contribution in [0.5, 0.6) is 5.75 Å². The second-order valence-corrected chi connectivity index (χ2v) is 4.91. The predicted molar refractivity (Wildman–Crippen MR) is 73.3 cm³/mol. The Balaban J connectivity index is 2.36. The molecule has 1 aromatic carbocycles. The van der Waals surface area contributed by atoms with E-state index < -0.39 is 0 Å². The normalized spacial score (nSPS) is 12.6. The van der Waals surface area contributed by atoms with Crippen molar-refractivity contribution in [2.75, 3.05) is 0 Å². The molecule has 0 amide bonds. The van der Waals surface area contributed by atoms with Gasteiger partial charge in [0.15, 0.2) is 0 Å². The van der Waals surface area contributed by atoms with Crippen molar-refractivity contribution in [3.63, 3.8) is 0 Å². The van der Waals surface area contributed by atoms with Crippen LogP contribution in [0.25, 0.3) is 0 Å². The number of hydrogen-bond acceptors (Lipinski definition) is 2. The van der Waals surface area contributed by atoms with E-state index in [1.807, 2.05) is 19.1 Å². The van der Waals surface area contributed by atoms with Gasteiger partial charge in [0.1, 0.15) is 5.75 Å². The third-order valence-corrected chi connectivity index (χ3v) is 3.12. The highest BCUT2D eigenvalue weighted by molar-refractivity contribution is 5.35. The summed E-state index contributed by atoms with van der Waals surface area (Å²) in [4.78, 5) is 0. The molecule has 0 saturated carbocycles.